The van der Waals surface area contributed by atoms with Crippen molar-refractivity contribution in [2.24, 2.45) is 0 Å². The van der Waals surface area contributed by atoms with Crippen molar-refractivity contribution in [3.05, 3.63) is 34.9 Å². The van der Waals surface area contributed by atoms with Gasteiger partial charge in [0.15, 0.2) is 0 Å². The molecule has 0 aromatic heterocycles. The summed E-state index contributed by atoms with van der Waals surface area (Å²) in [6.45, 7) is 7.56. The molecule has 0 radical (unpaired) electrons. The molecule has 0 N–H and O–H groups in total. The van der Waals surface area contributed by atoms with Crippen LogP contribution in [0, 0.1) is 0 Å². The first-order valence-electron chi connectivity index (χ1n) is 8.99. The number of methoxy groups -OCH3 is 1. The fourth-order valence-corrected chi connectivity index (χ4v) is 3.80. The lowest BCUT2D eigenvalue weighted by molar-refractivity contribution is 0.0341. The molecule has 1 aromatic carbocycles. The lowest BCUT2D eigenvalue weighted by atomic mass is 9.89. The third-order valence-electron chi connectivity index (χ3n) is 5.05. The number of ether oxygens (including phenoxy) is 2. The number of morpholine rings is 1. The predicted molar refractivity (Wildman–Crippen MR) is 93.0 cm³/mol. The maximum Gasteiger partial charge on any atom is 0.410 e. The Labute approximate surface area is 144 Å². The number of fused-ring (bicyclic) bond motifs is 1. The number of rotatable bonds is 4. The number of nitrogens with zero attached hydrogens (tertiary/aromatic N) is 2. The molecule has 3 rings (SSSR count). The van der Waals surface area contributed by atoms with Gasteiger partial charge in [0.25, 0.3) is 0 Å². The Balaban J connectivity index is 1.78. The van der Waals surface area contributed by atoms with Crippen LogP contribution >= 0.6 is 0 Å². The van der Waals surface area contributed by atoms with E-state index in [2.05, 4.69) is 30.0 Å². The smallest absolute Gasteiger partial charge is 0.410 e. The minimum Gasteiger partial charge on any atom is -0.453 e. The number of hydrogen-bond donors (Lipinski definition) is 0. The molecule has 0 aliphatic carbocycles. The van der Waals surface area contributed by atoms with Crippen LogP contribution in [0.1, 0.15) is 42.5 Å². The highest BCUT2D eigenvalue weighted by atomic mass is 16.5. The van der Waals surface area contributed by atoms with E-state index in [1.54, 1.807) is 0 Å². The van der Waals surface area contributed by atoms with Gasteiger partial charge in [-0.25, -0.2) is 4.79 Å². The maximum atomic E-state index is 12.1. The van der Waals surface area contributed by atoms with Crippen molar-refractivity contribution in [1.82, 2.24) is 9.80 Å². The SMILES string of the molecule is CCCC1c2ccc(CN3CCOCC3)cc2CCN1C(=O)OC. The molecule has 2 heterocycles. The quantitative estimate of drug-likeness (QED) is 0.850. The van der Waals surface area contributed by atoms with Crippen LogP contribution in [-0.4, -0.2) is 55.9 Å². The molecule has 1 atom stereocenters. The highest BCUT2D eigenvalue weighted by molar-refractivity contribution is 5.69. The van der Waals surface area contributed by atoms with E-state index in [1.807, 2.05) is 4.90 Å². The summed E-state index contributed by atoms with van der Waals surface area (Å²) >= 11 is 0. The number of benzene rings is 1. The molecule has 1 amide bonds. The lowest BCUT2D eigenvalue weighted by Gasteiger charge is -2.36. The Morgan fingerprint density at radius 3 is 2.79 bits per heavy atom. The molecule has 1 fully saturated rings. The third-order valence-corrected chi connectivity index (χ3v) is 5.05. The normalized spacial score (nSPS) is 21.4. The van der Waals surface area contributed by atoms with Crippen molar-refractivity contribution in [3.8, 4) is 0 Å². The van der Waals surface area contributed by atoms with Gasteiger partial charge in [-0.2, -0.15) is 0 Å². The minimum absolute atomic E-state index is 0.142. The van der Waals surface area contributed by atoms with Gasteiger partial charge in [0.05, 0.1) is 26.4 Å². The van der Waals surface area contributed by atoms with Gasteiger partial charge in [0, 0.05) is 26.2 Å². The Morgan fingerprint density at radius 1 is 1.29 bits per heavy atom. The van der Waals surface area contributed by atoms with Crippen LogP contribution in [0.5, 0.6) is 0 Å². The molecule has 132 valence electrons. The van der Waals surface area contributed by atoms with Gasteiger partial charge in [0.2, 0.25) is 0 Å². The van der Waals surface area contributed by atoms with E-state index >= 15 is 0 Å². The summed E-state index contributed by atoms with van der Waals surface area (Å²) in [6, 6.07) is 6.92. The van der Waals surface area contributed by atoms with Crippen LogP contribution < -0.4 is 0 Å². The van der Waals surface area contributed by atoms with Crippen LogP contribution in [0.4, 0.5) is 4.79 Å². The zero-order valence-electron chi connectivity index (χ0n) is 14.8. The van der Waals surface area contributed by atoms with Crippen LogP contribution in [0.15, 0.2) is 18.2 Å². The molecule has 5 nitrogen and oxygen atoms in total. The predicted octanol–water partition coefficient (Wildman–Crippen LogP) is 2.98. The second-order valence-electron chi connectivity index (χ2n) is 6.64. The molecular formula is C19H28N2O3. The number of carbonyl (C=O) groups is 1. The molecule has 2 aliphatic heterocycles. The molecule has 0 saturated carbocycles. The fourth-order valence-electron chi connectivity index (χ4n) is 3.80. The van der Waals surface area contributed by atoms with E-state index in [1.165, 1.54) is 23.8 Å². The Kier molecular flexibility index (Phi) is 5.74. The van der Waals surface area contributed by atoms with Crippen molar-refractivity contribution in [1.29, 1.82) is 0 Å². The molecular weight excluding hydrogens is 304 g/mol. The minimum atomic E-state index is -0.212. The average molecular weight is 332 g/mol. The van der Waals surface area contributed by atoms with Gasteiger partial charge in [-0.05, 0) is 29.5 Å². The average Bonchev–Trinajstić information content (AvgIpc) is 2.62. The van der Waals surface area contributed by atoms with Crippen molar-refractivity contribution >= 4 is 6.09 Å². The molecule has 24 heavy (non-hydrogen) atoms. The summed E-state index contributed by atoms with van der Waals surface area (Å²) in [6.07, 6.45) is 2.72. The topological polar surface area (TPSA) is 42.0 Å². The molecule has 5 heteroatoms. The maximum absolute atomic E-state index is 12.1. The van der Waals surface area contributed by atoms with Gasteiger partial charge in [-0.15, -0.1) is 0 Å². The van der Waals surface area contributed by atoms with Gasteiger partial charge in [0.1, 0.15) is 0 Å². The highest BCUT2D eigenvalue weighted by Crippen LogP contribution is 2.34. The zero-order valence-corrected chi connectivity index (χ0v) is 14.8. The summed E-state index contributed by atoms with van der Waals surface area (Å²) in [7, 11) is 1.46. The summed E-state index contributed by atoms with van der Waals surface area (Å²) in [4.78, 5) is 16.4. The van der Waals surface area contributed by atoms with Crippen molar-refractivity contribution in [2.45, 2.75) is 38.8 Å². The van der Waals surface area contributed by atoms with E-state index in [-0.39, 0.29) is 12.1 Å². The first kappa shape index (κ1) is 17.2. The second kappa shape index (κ2) is 7.99. The first-order chi connectivity index (χ1) is 11.7. The van der Waals surface area contributed by atoms with Crippen LogP contribution in [0.25, 0.3) is 0 Å². The molecule has 1 unspecified atom stereocenters. The molecule has 0 bridgehead atoms. The van der Waals surface area contributed by atoms with Gasteiger partial charge in [-0.3, -0.25) is 4.90 Å². The summed E-state index contributed by atoms with van der Waals surface area (Å²) in [5, 5.41) is 0. The molecule has 2 aliphatic rings. The van der Waals surface area contributed by atoms with E-state index in [9.17, 15) is 4.79 Å². The van der Waals surface area contributed by atoms with Crippen LogP contribution in [0.2, 0.25) is 0 Å². The third kappa shape index (κ3) is 3.73. The Hall–Kier alpha value is -1.59. The van der Waals surface area contributed by atoms with Gasteiger partial charge < -0.3 is 14.4 Å². The Bertz CT molecular complexity index is 570. The van der Waals surface area contributed by atoms with Crippen molar-refractivity contribution in [3.63, 3.8) is 0 Å². The number of amides is 1. The van der Waals surface area contributed by atoms with Crippen molar-refractivity contribution in [2.75, 3.05) is 40.0 Å². The largest absolute Gasteiger partial charge is 0.453 e. The van der Waals surface area contributed by atoms with Gasteiger partial charge in [-0.1, -0.05) is 31.5 Å². The zero-order chi connectivity index (χ0) is 16.9. The molecule has 0 spiro atoms. The first-order valence-corrected chi connectivity index (χ1v) is 8.99. The number of carbonyl (C=O) groups excluding carboxylic acids is 1. The van der Waals surface area contributed by atoms with Crippen LogP contribution in [0.3, 0.4) is 0 Å². The Morgan fingerprint density at radius 2 is 2.08 bits per heavy atom. The van der Waals surface area contributed by atoms with E-state index in [0.29, 0.717) is 0 Å². The number of hydrogen-bond acceptors (Lipinski definition) is 4. The highest BCUT2D eigenvalue weighted by Gasteiger charge is 2.30. The summed E-state index contributed by atoms with van der Waals surface area (Å²) < 4.78 is 10.4. The monoisotopic (exact) mass is 332 g/mol. The summed E-state index contributed by atoms with van der Waals surface area (Å²) in [5.41, 5.74) is 4.04. The van der Waals surface area contributed by atoms with E-state index < -0.39 is 0 Å². The van der Waals surface area contributed by atoms with E-state index in [4.69, 9.17) is 9.47 Å². The summed E-state index contributed by atoms with van der Waals surface area (Å²) in [5.74, 6) is 0. The van der Waals surface area contributed by atoms with Crippen LogP contribution in [-0.2, 0) is 22.4 Å². The van der Waals surface area contributed by atoms with Gasteiger partial charge >= 0.3 is 6.09 Å². The standard InChI is InChI=1S/C19H28N2O3/c1-3-4-18-17-6-5-15(14-20-9-11-24-12-10-20)13-16(17)7-8-21(18)19(22)23-2/h5-6,13,18H,3-4,7-12,14H2,1-2H3. The second-order valence-corrected chi connectivity index (χ2v) is 6.64. The van der Waals surface area contributed by atoms with E-state index in [0.717, 1.165) is 58.7 Å². The fraction of sp³-hybridized carbons (Fsp3) is 0.632. The molecule has 1 aromatic rings. The lowest BCUT2D eigenvalue weighted by Crippen LogP contribution is -2.40. The molecule has 1 saturated heterocycles. The van der Waals surface area contributed by atoms with Crippen molar-refractivity contribution < 1.29 is 14.3 Å².